The van der Waals surface area contributed by atoms with Crippen molar-refractivity contribution in [3.8, 4) is 17.6 Å². The van der Waals surface area contributed by atoms with Gasteiger partial charge in [0.05, 0.1) is 17.8 Å². The Labute approximate surface area is 194 Å². The van der Waals surface area contributed by atoms with Crippen LogP contribution in [0.25, 0.3) is 0 Å². The van der Waals surface area contributed by atoms with E-state index in [9.17, 15) is 10.1 Å². The summed E-state index contributed by atoms with van der Waals surface area (Å²) in [5, 5.41) is 12.1. The van der Waals surface area contributed by atoms with Crippen molar-refractivity contribution in [2.24, 2.45) is 0 Å². The molecule has 1 aliphatic rings. The highest BCUT2D eigenvalue weighted by molar-refractivity contribution is 5.70. The molecule has 168 valence electrons. The number of nitriles is 1. The van der Waals surface area contributed by atoms with Crippen LogP contribution in [0.5, 0.6) is 11.5 Å². The van der Waals surface area contributed by atoms with Gasteiger partial charge in [-0.3, -0.25) is 4.98 Å². The molecule has 0 spiro atoms. The average molecular weight is 442 g/mol. The maximum atomic E-state index is 12.3. The van der Waals surface area contributed by atoms with E-state index in [1.165, 1.54) is 37.7 Å². The second-order valence-electron chi connectivity index (χ2n) is 8.20. The lowest BCUT2D eigenvalue weighted by atomic mass is 9.85. The fourth-order valence-electron chi connectivity index (χ4n) is 4.04. The number of nitrogens with zero attached hydrogens (tertiary/aromatic N) is 2. The van der Waals surface area contributed by atoms with Gasteiger partial charge in [0.1, 0.15) is 24.2 Å². The maximum Gasteiger partial charge on any atom is 0.412 e. The first-order valence-corrected chi connectivity index (χ1v) is 11.3. The van der Waals surface area contributed by atoms with E-state index in [0.717, 1.165) is 11.3 Å². The Morgan fingerprint density at radius 2 is 1.88 bits per heavy atom. The molecule has 4 rings (SSSR count). The van der Waals surface area contributed by atoms with Crippen LogP contribution in [0.4, 0.5) is 4.79 Å². The molecule has 0 saturated heterocycles. The monoisotopic (exact) mass is 441 g/mol. The van der Waals surface area contributed by atoms with Crippen LogP contribution in [0.15, 0.2) is 66.9 Å². The van der Waals surface area contributed by atoms with Crippen LogP contribution in [-0.4, -0.2) is 11.1 Å². The highest BCUT2D eigenvalue weighted by atomic mass is 16.6. The first kappa shape index (κ1) is 22.3. The Balaban J connectivity index is 1.31. The van der Waals surface area contributed by atoms with Crippen LogP contribution in [0.3, 0.4) is 0 Å². The van der Waals surface area contributed by atoms with Gasteiger partial charge in [-0.1, -0.05) is 55.7 Å². The Kier molecular flexibility index (Phi) is 7.55. The van der Waals surface area contributed by atoms with E-state index < -0.39 is 6.09 Å². The predicted molar refractivity (Wildman–Crippen MR) is 125 cm³/mol. The summed E-state index contributed by atoms with van der Waals surface area (Å²) in [6.07, 6.45) is 7.69. The minimum Gasteiger partial charge on any atom is -0.487 e. The minimum absolute atomic E-state index is 0.275. The lowest BCUT2D eigenvalue weighted by Gasteiger charge is -2.21. The number of nitrogens with one attached hydrogen (secondary N) is 1. The second kappa shape index (κ2) is 11.1. The molecule has 0 aliphatic heterocycles. The zero-order valence-electron chi connectivity index (χ0n) is 18.5. The number of benzene rings is 2. The topological polar surface area (TPSA) is 84.2 Å². The maximum absolute atomic E-state index is 12.3. The van der Waals surface area contributed by atoms with Gasteiger partial charge >= 0.3 is 6.09 Å². The van der Waals surface area contributed by atoms with Crippen LogP contribution in [0.2, 0.25) is 0 Å². The standard InChI is InChI=1S/C27H27N3O3/c28-16-22-12-14-25(15-26(22)32-19-20-7-3-1-4-8-20)33-27(31)30-18-24-13-11-23(17-29-24)21-9-5-2-6-10-21/h1,3-4,7-8,11-15,17,21H,2,5-6,9-10,18-19H2,(H,30,31). The summed E-state index contributed by atoms with van der Waals surface area (Å²) in [6.45, 7) is 0.588. The number of amides is 1. The molecule has 1 aliphatic carbocycles. The molecule has 1 aromatic heterocycles. The summed E-state index contributed by atoms with van der Waals surface area (Å²) in [5.41, 5.74) is 3.41. The molecular weight excluding hydrogens is 414 g/mol. The van der Waals surface area contributed by atoms with Gasteiger partial charge in [-0.25, -0.2) is 4.79 Å². The molecule has 1 amide bonds. The molecule has 0 radical (unpaired) electrons. The molecule has 0 unspecified atom stereocenters. The predicted octanol–water partition coefficient (Wildman–Crippen LogP) is 5.87. The number of carbonyl (C=O) groups excluding carboxylic acids is 1. The molecule has 2 aromatic carbocycles. The summed E-state index contributed by atoms with van der Waals surface area (Å²) in [5.74, 6) is 1.27. The summed E-state index contributed by atoms with van der Waals surface area (Å²) in [6, 6.07) is 20.5. The fourth-order valence-corrected chi connectivity index (χ4v) is 4.04. The molecule has 0 atom stereocenters. The Bertz CT molecular complexity index is 1100. The average Bonchev–Trinajstić information content (AvgIpc) is 2.88. The Morgan fingerprint density at radius 3 is 2.61 bits per heavy atom. The van der Waals surface area contributed by atoms with Crippen molar-refractivity contribution in [3.05, 3.63) is 89.2 Å². The highest BCUT2D eigenvalue weighted by Gasteiger charge is 2.16. The molecule has 1 fully saturated rings. The second-order valence-corrected chi connectivity index (χ2v) is 8.20. The Morgan fingerprint density at radius 1 is 1.06 bits per heavy atom. The van der Waals surface area contributed by atoms with Gasteiger partial charge in [-0.2, -0.15) is 5.26 Å². The summed E-state index contributed by atoms with van der Waals surface area (Å²) in [7, 11) is 0. The highest BCUT2D eigenvalue weighted by Crippen LogP contribution is 2.32. The van der Waals surface area contributed by atoms with Crippen molar-refractivity contribution in [2.45, 2.75) is 51.2 Å². The molecular formula is C27H27N3O3. The number of aromatic nitrogens is 1. The summed E-state index contributed by atoms with van der Waals surface area (Å²) < 4.78 is 11.2. The van der Waals surface area contributed by atoms with Crippen molar-refractivity contribution in [2.75, 3.05) is 0 Å². The first-order chi connectivity index (χ1) is 16.2. The third kappa shape index (κ3) is 6.33. The number of pyridine rings is 1. The van der Waals surface area contributed by atoms with E-state index in [4.69, 9.17) is 9.47 Å². The van der Waals surface area contributed by atoms with Gasteiger partial charge in [-0.15, -0.1) is 0 Å². The molecule has 1 saturated carbocycles. The summed E-state index contributed by atoms with van der Waals surface area (Å²) in [4.78, 5) is 16.8. The Hall–Kier alpha value is -3.85. The third-order valence-electron chi connectivity index (χ3n) is 5.86. The van der Waals surface area contributed by atoms with Crippen molar-refractivity contribution in [3.63, 3.8) is 0 Å². The summed E-state index contributed by atoms with van der Waals surface area (Å²) >= 11 is 0. The van der Waals surface area contributed by atoms with Gasteiger partial charge in [0.2, 0.25) is 0 Å². The van der Waals surface area contributed by atoms with Crippen LogP contribution in [0.1, 0.15) is 60.4 Å². The van der Waals surface area contributed by atoms with Gasteiger partial charge in [0, 0.05) is 12.3 Å². The van der Waals surface area contributed by atoms with E-state index >= 15 is 0 Å². The smallest absolute Gasteiger partial charge is 0.412 e. The number of hydrogen-bond acceptors (Lipinski definition) is 5. The molecule has 0 bridgehead atoms. The number of ether oxygens (including phenoxy) is 2. The zero-order chi connectivity index (χ0) is 22.9. The van der Waals surface area contributed by atoms with E-state index in [1.807, 2.05) is 42.6 Å². The van der Waals surface area contributed by atoms with Gasteiger partial charge in [-0.05, 0) is 48.1 Å². The van der Waals surface area contributed by atoms with Crippen molar-refractivity contribution in [1.29, 1.82) is 5.26 Å². The van der Waals surface area contributed by atoms with Gasteiger partial charge in [0.25, 0.3) is 0 Å². The minimum atomic E-state index is -0.591. The molecule has 33 heavy (non-hydrogen) atoms. The van der Waals surface area contributed by atoms with E-state index in [-0.39, 0.29) is 6.54 Å². The van der Waals surface area contributed by atoms with Crippen LogP contribution < -0.4 is 14.8 Å². The van der Waals surface area contributed by atoms with Gasteiger partial charge < -0.3 is 14.8 Å². The lowest BCUT2D eigenvalue weighted by molar-refractivity contribution is 0.199. The molecule has 6 heteroatoms. The molecule has 6 nitrogen and oxygen atoms in total. The first-order valence-electron chi connectivity index (χ1n) is 11.3. The van der Waals surface area contributed by atoms with Crippen molar-refractivity contribution < 1.29 is 14.3 Å². The SMILES string of the molecule is N#Cc1ccc(OC(=O)NCc2ccc(C3CCCCC3)cn2)cc1OCc1ccccc1. The van der Waals surface area contributed by atoms with Crippen molar-refractivity contribution in [1.82, 2.24) is 10.3 Å². The van der Waals surface area contributed by atoms with Crippen molar-refractivity contribution >= 4 is 6.09 Å². The fraction of sp³-hybridized carbons (Fsp3) is 0.296. The van der Waals surface area contributed by atoms with Crippen LogP contribution in [-0.2, 0) is 13.2 Å². The van der Waals surface area contributed by atoms with Crippen LogP contribution in [0, 0.1) is 11.3 Å². The molecule has 1 N–H and O–H groups in total. The van der Waals surface area contributed by atoms with Crippen LogP contribution >= 0.6 is 0 Å². The number of hydrogen-bond donors (Lipinski definition) is 1. The number of rotatable bonds is 7. The largest absolute Gasteiger partial charge is 0.487 e. The van der Waals surface area contributed by atoms with E-state index in [0.29, 0.717) is 29.6 Å². The quantitative estimate of drug-likeness (QED) is 0.496. The lowest BCUT2D eigenvalue weighted by Crippen LogP contribution is -2.26. The normalized spacial score (nSPS) is 13.7. The molecule has 3 aromatic rings. The number of carbonyl (C=O) groups is 1. The van der Waals surface area contributed by atoms with E-state index in [1.54, 1.807) is 18.2 Å². The van der Waals surface area contributed by atoms with Gasteiger partial charge in [0.15, 0.2) is 0 Å². The zero-order valence-corrected chi connectivity index (χ0v) is 18.5. The molecule has 1 heterocycles. The third-order valence-corrected chi connectivity index (χ3v) is 5.86. The van der Waals surface area contributed by atoms with E-state index in [2.05, 4.69) is 22.4 Å².